The SMILES string of the molecule is CC1(C(NN)c2cnnn2-c2ccccc2)CCCCO1. The number of nitrogens with zero attached hydrogens (tertiary/aromatic N) is 3. The van der Waals surface area contributed by atoms with Crippen LogP contribution in [0, 0.1) is 0 Å². The van der Waals surface area contributed by atoms with Crippen LogP contribution >= 0.6 is 0 Å². The van der Waals surface area contributed by atoms with Crippen LogP contribution < -0.4 is 11.3 Å². The minimum absolute atomic E-state index is 0.159. The molecule has 2 unspecified atom stereocenters. The molecule has 1 aliphatic heterocycles. The maximum absolute atomic E-state index is 6.02. The van der Waals surface area contributed by atoms with E-state index in [2.05, 4.69) is 22.7 Å². The van der Waals surface area contributed by atoms with Gasteiger partial charge in [-0.1, -0.05) is 23.4 Å². The highest BCUT2D eigenvalue weighted by molar-refractivity contribution is 5.32. The van der Waals surface area contributed by atoms with Gasteiger partial charge in [0.15, 0.2) is 0 Å². The molecule has 0 bridgehead atoms. The van der Waals surface area contributed by atoms with E-state index in [1.165, 1.54) is 0 Å². The third-order valence-electron chi connectivity index (χ3n) is 4.15. The van der Waals surface area contributed by atoms with Gasteiger partial charge in [-0.2, -0.15) is 0 Å². The maximum Gasteiger partial charge on any atom is 0.0936 e. The van der Waals surface area contributed by atoms with Gasteiger partial charge in [0, 0.05) is 6.61 Å². The smallest absolute Gasteiger partial charge is 0.0936 e. The summed E-state index contributed by atoms with van der Waals surface area (Å²) in [5.41, 5.74) is 4.43. The van der Waals surface area contributed by atoms with Crippen LogP contribution in [0.1, 0.15) is 37.9 Å². The highest BCUT2D eigenvalue weighted by Gasteiger charge is 2.39. The van der Waals surface area contributed by atoms with Crippen LogP contribution in [0.15, 0.2) is 36.5 Å². The Hall–Kier alpha value is -1.76. The average Bonchev–Trinajstić information content (AvgIpc) is 2.98. The third kappa shape index (κ3) is 2.70. The summed E-state index contributed by atoms with van der Waals surface area (Å²) >= 11 is 0. The molecular formula is C15H21N5O. The molecule has 1 aliphatic rings. The lowest BCUT2D eigenvalue weighted by Gasteiger charge is -2.40. The molecule has 21 heavy (non-hydrogen) atoms. The summed E-state index contributed by atoms with van der Waals surface area (Å²) in [5, 5.41) is 8.25. The largest absolute Gasteiger partial charge is 0.373 e. The highest BCUT2D eigenvalue weighted by atomic mass is 16.5. The van der Waals surface area contributed by atoms with E-state index in [4.69, 9.17) is 10.6 Å². The summed E-state index contributed by atoms with van der Waals surface area (Å²) in [6.07, 6.45) is 4.95. The van der Waals surface area contributed by atoms with E-state index >= 15 is 0 Å². The highest BCUT2D eigenvalue weighted by Crippen LogP contribution is 2.36. The Morgan fingerprint density at radius 3 is 2.81 bits per heavy atom. The Balaban J connectivity index is 1.97. The van der Waals surface area contributed by atoms with Crippen LogP contribution in [0.4, 0.5) is 0 Å². The molecule has 2 heterocycles. The fraction of sp³-hybridized carbons (Fsp3) is 0.467. The molecule has 112 valence electrons. The molecule has 0 amide bonds. The van der Waals surface area contributed by atoms with E-state index in [0.717, 1.165) is 37.3 Å². The molecule has 0 saturated carbocycles. The molecular weight excluding hydrogens is 266 g/mol. The number of rotatable bonds is 4. The van der Waals surface area contributed by atoms with Gasteiger partial charge in [0.2, 0.25) is 0 Å². The van der Waals surface area contributed by atoms with E-state index in [1.807, 2.05) is 35.0 Å². The summed E-state index contributed by atoms with van der Waals surface area (Å²) in [6.45, 7) is 2.86. The van der Waals surface area contributed by atoms with Crippen LogP contribution in [-0.2, 0) is 4.74 Å². The second-order valence-electron chi connectivity index (χ2n) is 5.62. The van der Waals surface area contributed by atoms with Gasteiger partial charge in [-0.15, -0.1) is 5.10 Å². The molecule has 3 rings (SSSR count). The summed E-state index contributed by atoms with van der Waals surface area (Å²) < 4.78 is 7.83. The lowest BCUT2D eigenvalue weighted by atomic mass is 9.87. The van der Waals surface area contributed by atoms with E-state index in [-0.39, 0.29) is 11.6 Å². The maximum atomic E-state index is 6.02. The van der Waals surface area contributed by atoms with Gasteiger partial charge >= 0.3 is 0 Å². The molecule has 1 aromatic heterocycles. The number of benzene rings is 1. The van der Waals surface area contributed by atoms with Crippen LogP contribution in [0.5, 0.6) is 0 Å². The van der Waals surface area contributed by atoms with Crippen molar-refractivity contribution < 1.29 is 4.74 Å². The number of nitrogens with two attached hydrogens (primary N) is 1. The van der Waals surface area contributed by atoms with Crippen molar-refractivity contribution in [3.63, 3.8) is 0 Å². The van der Waals surface area contributed by atoms with E-state index in [0.29, 0.717) is 0 Å². The van der Waals surface area contributed by atoms with Crippen molar-refractivity contribution in [3.8, 4) is 5.69 Å². The van der Waals surface area contributed by atoms with Crippen molar-refractivity contribution in [3.05, 3.63) is 42.2 Å². The zero-order valence-electron chi connectivity index (χ0n) is 12.2. The monoisotopic (exact) mass is 287 g/mol. The summed E-state index contributed by atoms with van der Waals surface area (Å²) in [7, 11) is 0. The second kappa shape index (κ2) is 5.93. The Morgan fingerprint density at radius 2 is 2.14 bits per heavy atom. The Kier molecular flexibility index (Phi) is 4.01. The molecule has 1 saturated heterocycles. The quantitative estimate of drug-likeness (QED) is 0.661. The van der Waals surface area contributed by atoms with Gasteiger partial charge in [0.05, 0.1) is 29.2 Å². The number of nitrogens with one attached hydrogen (secondary N) is 1. The third-order valence-corrected chi connectivity index (χ3v) is 4.15. The number of aromatic nitrogens is 3. The van der Waals surface area contributed by atoms with E-state index in [1.54, 1.807) is 6.20 Å². The average molecular weight is 287 g/mol. The van der Waals surface area contributed by atoms with Crippen LogP contribution in [-0.4, -0.2) is 27.2 Å². The number of hydrogen-bond acceptors (Lipinski definition) is 5. The number of para-hydroxylation sites is 1. The first kappa shape index (κ1) is 14.2. The number of hydrazine groups is 1. The number of ether oxygens (including phenoxy) is 1. The molecule has 1 aromatic carbocycles. The van der Waals surface area contributed by atoms with Gasteiger partial charge in [0.1, 0.15) is 0 Å². The summed E-state index contributed by atoms with van der Waals surface area (Å²) in [6, 6.07) is 9.76. The molecule has 6 heteroatoms. The minimum atomic E-state index is -0.346. The van der Waals surface area contributed by atoms with Crippen LogP contribution in [0.3, 0.4) is 0 Å². The second-order valence-corrected chi connectivity index (χ2v) is 5.62. The minimum Gasteiger partial charge on any atom is -0.373 e. The fourth-order valence-electron chi connectivity index (χ4n) is 2.97. The fourth-order valence-corrected chi connectivity index (χ4v) is 2.97. The van der Waals surface area contributed by atoms with Gasteiger partial charge in [0.25, 0.3) is 0 Å². The lowest BCUT2D eigenvalue weighted by molar-refractivity contribution is -0.0911. The van der Waals surface area contributed by atoms with Gasteiger partial charge in [-0.05, 0) is 38.3 Å². The molecule has 2 atom stereocenters. The predicted octanol–water partition coefficient (Wildman–Crippen LogP) is 1.73. The van der Waals surface area contributed by atoms with Gasteiger partial charge in [-0.3, -0.25) is 5.84 Å². The van der Waals surface area contributed by atoms with Crippen molar-refractivity contribution in [2.75, 3.05) is 6.61 Å². The summed E-state index contributed by atoms with van der Waals surface area (Å²) in [4.78, 5) is 0. The molecule has 6 nitrogen and oxygen atoms in total. The molecule has 3 N–H and O–H groups in total. The Morgan fingerprint density at radius 1 is 1.33 bits per heavy atom. The van der Waals surface area contributed by atoms with Crippen molar-refractivity contribution in [1.29, 1.82) is 0 Å². The zero-order chi connectivity index (χ0) is 14.7. The molecule has 2 aromatic rings. The Labute approximate surface area is 124 Å². The predicted molar refractivity (Wildman–Crippen MR) is 79.6 cm³/mol. The van der Waals surface area contributed by atoms with Crippen LogP contribution in [0.25, 0.3) is 5.69 Å². The summed E-state index contributed by atoms with van der Waals surface area (Å²) in [5.74, 6) is 5.83. The molecule has 0 radical (unpaired) electrons. The van der Waals surface area contributed by atoms with Gasteiger partial charge < -0.3 is 4.74 Å². The van der Waals surface area contributed by atoms with E-state index in [9.17, 15) is 0 Å². The van der Waals surface area contributed by atoms with E-state index < -0.39 is 0 Å². The first-order valence-electron chi connectivity index (χ1n) is 7.31. The Bertz CT molecular complexity index is 577. The molecule has 0 aliphatic carbocycles. The van der Waals surface area contributed by atoms with Crippen LogP contribution in [0.2, 0.25) is 0 Å². The van der Waals surface area contributed by atoms with Crippen molar-refractivity contribution in [2.45, 2.75) is 37.8 Å². The first-order valence-corrected chi connectivity index (χ1v) is 7.31. The van der Waals surface area contributed by atoms with Gasteiger partial charge in [-0.25, -0.2) is 10.1 Å². The first-order chi connectivity index (χ1) is 10.2. The standard InChI is InChI=1S/C15H21N5O/c1-15(9-5-6-10-21-15)14(18-16)13-11-17-19-20(13)12-7-3-2-4-8-12/h2-4,7-8,11,14,18H,5-6,9-10,16H2,1H3. The van der Waals surface area contributed by atoms with Crippen molar-refractivity contribution in [1.82, 2.24) is 20.4 Å². The normalized spacial score (nSPS) is 23.9. The molecule has 0 spiro atoms. The van der Waals surface area contributed by atoms with Crippen molar-refractivity contribution in [2.24, 2.45) is 5.84 Å². The molecule has 1 fully saturated rings. The van der Waals surface area contributed by atoms with Crippen molar-refractivity contribution >= 4 is 0 Å². The number of hydrogen-bond donors (Lipinski definition) is 2. The lowest BCUT2D eigenvalue weighted by Crippen LogP contribution is -2.49. The zero-order valence-corrected chi connectivity index (χ0v) is 12.2. The topological polar surface area (TPSA) is 78.0 Å².